The molecule has 6 aromatic rings. The van der Waals surface area contributed by atoms with Gasteiger partial charge in [-0.15, -0.1) is 0 Å². The summed E-state index contributed by atoms with van der Waals surface area (Å²) in [5, 5.41) is 2.58. The van der Waals surface area contributed by atoms with Gasteiger partial charge in [0.2, 0.25) is 0 Å². The minimum atomic E-state index is -0.118. The van der Waals surface area contributed by atoms with Crippen LogP contribution in [0.4, 0.5) is 17.1 Å². The van der Waals surface area contributed by atoms with Gasteiger partial charge in [0.25, 0.3) is 0 Å². The molecule has 6 fully saturated rings. The van der Waals surface area contributed by atoms with E-state index in [1.54, 1.807) is 11.1 Å². The first kappa shape index (κ1) is 32.6. The molecule has 6 aromatic carbocycles. The zero-order valence-corrected chi connectivity index (χ0v) is 32.6. The molecule has 0 radical (unpaired) electrons. The van der Waals surface area contributed by atoms with Gasteiger partial charge in [-0.05, 0) is 196 Å². The van der Waals surface area contributed by atoms with E-state index in [4.69, 9.17) is 0 Å². The Balaban J connectivity index is 0.953. The van der Waals surface area contributed by atoms with E-state index in [1.165, 1.54) is 125 Å². The summed E-state index contributed by atoms with van der Waals surface area (Å²) < 4.78 is 0. The maximum Gasteiger partial charge on any atom is 0.0465 e. The van der Waals surface area contributed by atoms with Gasteiger partial charge in [-0.3, -0.25) is 0 Å². The second-order valence-electron chi connectivity index (χ2n) is 19.6. The summed E-state index contributed by atoms with van der Waals surface area (Å²) in [5.41, 5.74) is 15.5. The molecule has 13 rings (SSSR count). The van der Waals surface area contributed by atoms with Crippen molar-refractivity contribution in [2.24, 2.45) is 29.6 Å². The maximum absolute atomic E-state index is 2.55. The zero-order chi connectivity index (χ0) is 36.5. The van der Waals surface area contributed by atoms with Crippen LogP contribution in [0.3, 0.4) is 0 Å². The van der Waals surface area contributed by atoms with Crippen LogP contribution in [-0.2, 0) is 10.8 Å². The Hall–Kier alpha value is -4.62. The van der Waals surface area contributed by atoms with Gasteiger partial charge >= 0.3 is 0 Å². The van der Waals surface area contributed by atoms with Crippen LogP contribution >= 0.6 is 0 Å². The second kappa shape index (κ2) is 11.9. The van der Waals surface area contributed by atoms with Crippen LogP contribution in [0.25, 0.3) is 33.0 Å². The summed E-state index contributed by atoms with van der Waals surface area (Å²) in [6, 6.07) is 49.8. The zero-order valence-electron chi connectivity index (χ0n) is 32.6. The molecule has 0 aromatic heterocycles. The van der Waals surface area contributed by atoms with Gasteiger partial charge in [-0.25, -0.2) is 0 Å². The van der Waals surface area contributed by atoms with Crippen molar-refractivity contribution in [3.8, 4) is 22.3 Å². The Morgan fingerprint density at radius 2 is 1.20 bits per heavy atom. The molecule has 0 N–H and O–H groups in total. The molecule has 0 spiro atoms. The average molecular weight is 716 g/mol. The molecule has 55 heavy (non-hydrogen) atoms. The van der Waals surface area contributed by atoms with Gasteiger partial charge < -0.3 is 4.90 Å². The van der Waals surface area contributed by atoms with Crippen molar-refractivity contribution in [1.29, 1.82) is 0 Å². The normalized spacial score (nSPS) is 29.1. The lowest BCUT2D eigenvalue weighted by molar-refractivity contribution is -0.00518. The number of hydrogen-bond acceptors (Lipinski definition) is 1. The summed E-state index contributed by atoms with van der Waals surface area (Å²) in [4.78, 5) is 2.55. The third kappa shape index (κ3) is 5.03. The van der Waals surface area contributed by atoms with Gasteiger partial charge in [0, 0.05) is 22.5 Å². The standard InChI is InChI=1S/C54H53N/c1-53(2)50-9-5-8-47(42-13-12-38-6-3-4-7-40(38)29-42)52(50)48-23-22-46(30-51(48)53)55(44-18-14-39(15-19-44)49-28-34-10-11-41(49)27-34)45-20-16-43(17-21-45)54-31-35-24-36(32-54)26-37(25-35)33-54/h3-9,12-23,29-30,34-37,41,49H,10-11,24-28,31-33H2,1-2H3. The van der Waals surface area contributed by atoms with Crippen molar-refractivity contribution in [2.45, 2.75) is 94.8 Å². The van der Waals surface area contributed by atoms with Crippen LogP contribution in [0.2, 0.25) is 0 Å². The van der Waals surface area contributed by atoms with E-state index < -0.39 is 0 Å². The maximum atomic E-state index is 2.55. The molecule has 0 heterocycles. The van der Waals surface area contributed by atoms with Crippen molar-refractivity contribution >= 4 is 27.8 Å². The molecule has 3 unspecified atom stereocenters. The highest BCUT2D eigenvalue weighted by Gasteiger charge is 2.51. The van der Waals surface area contributed by atoms with Crippen molar-refractivity contribution in [1.82, 2.24) is 0 Å². The van der Waals surface area contributed by atoms with Gasteiger partial charge in [0.15, 0.2) is 0 Å². The third-order valence-corrected chi connectivity index (χ3v) is 16.1. The summed E-state index contributed by atoms with van der Waals surface area (Å²) >= 11 is 0. The molecule has 1 nitrogen and oxygen atoms in total. The molecular formula is C54H53N. The summed E-state index contributed by atoms with van der Waals surface area (Å²) in [7, 11) is 0. The lowest BCUT2D eigenvalue weighted by Crippen LogP contribution is -2.48. The predicted molar refractivity (Wildman–Crippen MR) is 230 cm³/mol. The molecule has 0 aliphatic heterocycles. The summed E-state index contributed by atoms with van der Waals surface area (Å²) in [6.45, 7) is 4.86. The molecule has 0 amide bonds. The lowest BCUT2D eigenvalue weighted by Gasteiger charge is -2.57. The van der Waals surface area contributed by atoms with E-state index in [9.17, 15) is 0 Å². The molecule has 274 valence electrons. The van der Waals surface area contributed by atoms with E-state index in [0.717, 1.165) is 35.5 Å². The van der Waals surface area contributed by atoms with Crippen molar-refractivity contribution < 1.29 is 0 Å². The van der Waals surface area contributed by atoms with E-state index in [1.807, 2.05) is 0 Å². The first-order valence-corrected chi connectivity index (χ1v) is 21.7. The van der Waals surface area contributed by atoms with Gasteiger partial charge in [0.05, 0.1) is 0 Å². The van der Waals surface area contributed by atoms with Gasteiger partial charge in [-0.1, -0.05) is 105 Å². The summed E-state index contributed by atoms with van der Waals surface area (Å²) in [6.07, 6.45) is 14.4. The number of fused-ring (bicyclic) bond motifs is 6. The second-order valence-corrected chi connectivity index (χ2v) is 19.6. The quantitative estimate of drug-likeness (QED) is 0.166. The monoisotopic (exact) mass is 715 g/mol. The van der Waals surface area contributed by atoms with Gasteiger partial charge in [-0.2, -0.15) is 0 Å². The fourth-order valence-electron chi connectivity index (χ4n) is 13.9. The molecule has 0 saturated heterocycles. The van der Waals surface area contributed by atoms with Crippen LogP contribution in [0.5, 0.6) is 0 Å². The van der Waals surface area contributed by atoms with E-state index in [0.29, 0.717) is 5.41 Å². The average Bonchev–Trinajstić information content (AvgIpc) is 3.91. The van der Waals surface area contributed by atoms with E-state index in [2.05, 4.69) is 146 Å². The highest BCUT2D eigenvalue weighted by molar-refractivity contribution is 5.96. The number of hydrogen-bond donors (Lipinski definition) is 0. The Kier molecular flexibility index (Phi) is 7.08. The fourth-order valence-corrected chi connectivity index (χ4v) is 13.9. The smallest absolute Gasteiger partial charge is 0.0465 e. The molecule has 6 bridgehead atoms. The molecule has 7 aliphatic rings. The van der Waals surface area contributed by atoms with Gasteiger partial charge in [0.1, 0.15) is 0 Å². The first-order valence-electron chi connectivity index (χ1n) is 21.7. The number of anilines is 3. The number of rotatable bonds is 6. The topological polar surface area (TPSA) is 3.24 Å². The minimum Gasteiger partial charge on any atom is -0.310 e. The van der Waals surface area contributed by atoms with Crippen molar-refractivity contribution in [3.63, 3.8) is 0 Å². The Morgan fingerprint density at radius 3 is 1.89 bits per heavy atom. The largest absolute Gasteiger partial charge is 0.310 e. The third-order valence-electron chi connectivity index (χ3n) is 16.1. The highest BCUT2D eigenvalue weighted by Crippen LogP contribution is 2.61. The Morgan fingerprint density at radius 1 is 0.509 bits per heavy atom. The first-order chi connectivity index (χ1) is 26.9. The Labute approximate surface area is 327 Å². The Bertz CT molecular complexity index is 2430. The van der Waals surface area contributed by atoms with Crippen LogP contribution in [0.1, 0.15) is 106 Å². The highest BCUT2D eigenvalue weighted by atomic mass is 15.1. The van der Waals surface area contributed by atoms with Crippen LogP contribution in [0, 0.1) is 29.6 Å². The minimum absolute atomic E-state index is 0.118. The van der Waals surface area contributed by atoms with E-state index in [-0.39, 0.29) is 5.41 Å². The van der Waals surface area contributed by atoms with Crippen LogP contribution in [0.15, 0.2) is 127 Å². The molecule has 3 atom stereocenters. The fraction of sp³-hybridized carbons (Fsp3) is 0.370. The lowest BCUT2D eigenvalue weighted by atomic mass is 9.48. The van der Waals surface area contributed by atoms with Crippen LogP contribution < -0.4 is 4.90 Å². The number of benzene rings is 6. The SMILES string of the molecule is CC1(C)c2cc(N(c3ccc(C4CC5CCC4C5)cc3)c3ccc(C45CC6CC(CC(C6)C4)C5)cc3)ccc2-c2c(-c3ccc4ccccc4c3)cccc21. The van der Waals surface area contributed by atoms with Crippen LogP contribution in [-0.4, -0.2) is 0 Å². The molecule has 6 saturated carbocycles. The molecule has 7 aliphatic carbocycles. The van der Waals surface area contributed by atoms with Crippen molar-refractivity contribution in [2.75, 3.05) is 4.90 Å². The summed E-state index contributed by atoms with van der Waals surface area (Å²) in [5.74, 6) is 5.46. The molecule has 1 heteroatoms. The van der Waals surface area contributed by atoms with Crippen molar-refractivity contribution in [3.05, 3.63) is 150 Å². The number of nitrogens with zero attached hydrogens (tertiary/aromatic N) is 1. The van der Waals surface area contributed by atoms with E-state index >= 15 is 0 Å². The predicted octanol–water partition coefficient (Wildman–Crippen LogP) is 14.7. The molecular weight excluding hydrogens is 663 g/mol.